The molecule has 18 heavy (non-hydrogen) atoms. The van der Waals surface area contributed by atoms with Gasteiger partial charge in [0.2, 0.25) is 0 Å². The Morgan fingerprint density at radius 3 is 2.67 bits per heavy atom. The van der Waals surface area contributed by atoms with Crippen molar-refractivity contribution in [1.29, 1.82) is 0 Å². The molecule has 0 heterocycles. The molecule has 0 spiro atoms. The van der Waals surface area contributed by atoms with Gasteiger partial charge in [-0.05, 0) is 25.7 Å². The van der Waals surface area contributed by atoms with Gasteiger partial charge in [-0.3, -0.25) is 0 Å². The van der Waals surface area contributed by atoms with Crippen molar-refractivity contribution in [2.75, 3.05) is 13.2 Å². The Labute approximate surface area is 111 Å². The molecule has 0 saturated heterocycles. The SMILES string of the molecule is C#CCCCOC(=O)NCCCCCCCC=C. The molecule has 0 radical (unpaired) electrons. The second-order valence-corrected chi connectivity index (χ2v) is 4.22. The van der Waals surface area contributed by atoms with Crippen molar-refractivity contribution in [3.63, 3.8) is 0 Å². The van der Waals surface area contributed by atoms with Gasteiger partial charge in [0.05, 0.1) is 6.61 Å². The molecule has 0 fully saturated rings. The van der Waals surface area contributed by atoms with Crippen molar-refractivity contribution in [2.24, 2.45) is 0 Å². The number of carbonyl (C=O) groups is 1. The Bertz CT molecular complexity index is 256. The van der Waals surface area contributed by atoms with Crippen LogP contribution < -0.4 is 5.32 Å². The highest BCUT2D eigenvalue weighted by Gasteiger charge is 1.99. The second kappa shape index (κ2) is 13.6. The number of amides is 1. The lowest BCUT2D eigenvalue weighted by atomic mass is 10.1. The monoisotopic (exact) mass is 251 g/mol. The molecule has 0 bridgehead atoms. The van der Waals surface area contributed by atoms with E-state index in [1.165, 1.54) is 19.3 Å². The Morgan fingerprint density at radius 2 is 1.94 bits per heavy atom. The summed E-state index contributed by atoms with van der Waals surface area (Å²) in [4.78, 5) is 11.2. The fourth-order valence-corrected chi connectivity index (χ4v) is 1.52. The average Bonchev–Trinajstić information content (AvgIpc) is 2.38. The van der Waals surface area contributed by atoms with Crippen molar-refractivity contribution in [3.8, 4) is 12.3 Å². The Morgan fingerprint density at radius 1 is 1.22 bits per heavy atom. The van der Waals surface area contributed by atoms with Crippen molar-refractivity contribution >= 4 is 6.09 Å². The van der Waals surface area contributed by atoms with Gasteiger partial charge in [0.1, 0.15) is 0 Å². The van der Waals surface area contributed by atoms with Gasteiger partial charge in [0, 0.05) is 13.0 Å². The number of allylic oxidation sites excluding steroid dienone is 1. The number of carbonyl (C=O) groups excluding carboxylic acids is 1. The second-order valence-electron chi connectivity index (χ2n) is 4.22. The molecule has 3 heteroatoms. The van der Waals surface area contributed by atoms with E-state index in [0.29, 0.717) is 19.6 Å². The van der Waals surface area contributed by atoms with E-state index in [0.717, 1.165) is 25.7 Å². The summed E-state index contributed by atoms with van der Waals surface area (Å²) in [6, 6.07) is 0. The first-order valence-corrected chi connectivity index (χ1v) is 6.76. The van der Waals surface area contributed by atoms with E-state index < -0.39 is 0 Å². The lowest BCUT2D eigenvalue weighted by Gasteiger charge is -2.06. The minimum absolute atomic E-state index is 0.335. The molecule has 0 unspecified atom stereocenters. The summed E-state index contributed by atoms with van der Waals surface area (Å²) < 4.78 is 4.95. The third kappa shape index (κ3) is 12.6. The number of alkyl carbamates (subject to hydrolysis) is 1. The van der Waals surface area contributed by atoms with Crippen LogP contribution in [-0.4, -0.2) is 19.2 Å². The van der Waals surface area contributed by atoms with Gasteiger partial charge in [0.25, 0.3) is 0 Å². The molecule has 0 aromatic carbocycles. The fourth-order valence-electron chi connectivity index (χ4n) is 1.52. The van der Waals surface area contributed by atoms with Gasteiger partial charge in [-0.1, -0.05) is 25.3 Å². The first-order chi connectivity index (χ1) is 8.81. The molecule has 0 rings (SSSR count). The summed E-state index contributed by atoms with van der Waals surface area (Å²) in [5.74, 6) is 2.50. The maximum Gasteiger partial charge on any atom is 0.407 e. The number of hydrogen-bond acceptors (Lipinski definition) is 2. The molecule has 0 saturated carbocycles. The predicted molar refractivity (Wildman–Crippen MR) is 75.3 cm³/mol. The summed E-state index contributed by atoms with van der Waals surface area (Å²) in [6.07, 6.45) is 15.0. The van der Waals surface area contributed by atoms with E-state index >= 15 is 0 Å². The van der Waals surface area contributed by atoms with E-state index in [4.69, 9.17) is 11.2 Å². The molecule has 0 atom stereocenters. The van der Waals surface area contributed by atoms with Crippen LogP contribution in [0, 0.1) is 12.3 Å². The van der Waals surface area contributed by atoms with Crippen molar-refractivity contribution in [2.45, 2.75) is 51.4 Å². The summed E-state index contributed by atoms with van der Waals surface area (Å²) in [6.45, 7) is 4.78. The molecule has 0 aliphatic rings. The molecule has 102 valence electrons. The molecule has 0 aromatic rings. The number of hydrogen-bond donors (Lipinski definition) is 1. The number of ether oxygens (including phenoxy) is 1. The van der Waals surface area contributed by atoms with Gasteiger partial charge in [-0.2, -0.15) is 0 Å². The van der Waals surface area contributed by atoms with Gasteiger partial charge in [-0.15, -0.1) is 18.9 Å². The minimum Gasteiger partial charge on any atom is -0.450 e. The quantitative estimate of drug-likeness (QED) is 0.346. The maximum atomic E-state index is 11.2. The molecule has 1 amide bonds. The van der Waals surface area contributed by atoms with Gasteiger partial charge in [0.15, 0.2) is 0 Å². The van der Waals surface area contributed by atoms with Gasteiger partial charge >= 0.3 is 6.09 Å². The van der Waals surface area contributed by atoms with E-state index in [9.17, 15) is 4.79 Å². The van der Waals surface area contributed by atoms with Crippen molar-refractivity contribution in [1.82, 2.24) is 5.32 Å². The highest BCUT2D eigenvalue weighted by Crippen LogP contribution is 2.04. The molecular weight excluding hydrogens is 226 g/mol. The lowest BCUT2D eigenvalue weighted by molar-refractivity contribution is 0.145. The third-order valence-electron chi connectivity index (χ3n) is 2.55. The van der Waals surface area contributed by atoms with Gasteiger partial charge < -0.3 is 10.1 Å². The third-order valence-corrected chi connectivity index (χ3v) is 2.55. The largest absolute Gasteiger partial charge is 0.450 e. The number of nitrogens with one attached hydrogen (secondary N) is 1. The van der Waals surface area contributed by atoms with E-state index in [1.54, 1.807) is 0 Å². The van der Waals surface area contributed by atoms with E-state index in [-0.39, 0.29) is 6.09 Å². The van der Waals surface area contributed by atoms with E-state index in [2.05, 4.69) is 17.8 Å². The number of unbranched alkanes of at least 4 members (excludes halogenated alkanes) is 6. The Kier molecular flexibility index (Phi) is 12.6. The van der Waals surface area contributed by atoms with Crippen LogP contribution in [0.25, 0.3) is 0 Å². The topological polar surface area (TPSA) is 38.3 Å². The van der Waals surface area contributed by atoms with Gasteiger partial charge in [-0.25, -0.2) is 4.79 Å². The molecule has 0 aliphatic carbocycles. The molecule has 3 nitrogen and oxygen atoms in total. The first kappa shape index (κ1) is 16.6. The van der Waals surface area contributed by atoms with Crippen molar-refractivity contribution in [3.05, 3.63) is 12.7 Å². The highest BCUT2D eigenvalue weighted by molar-refractivity contribution is 5.66. The summed E-state index contributed by atoms with van der Waals surface area (Å²) in [7, 11) is 0. The zero-order valence-electron chi connectivity index (χ0n) is 11.2. The minimum atomic E-state index is -0.335. The standard InChI is InChI=1S/C15H25NO2/c1-3-5-7-8-9-10-11-13-16-15(17)18-14-12-6-4-2/h2-3H,1,5-14H2,(H,16,17). The summed E-state index contributed by atoms with van der Waals surface area (Å²) in [5, 5.41) is 2.73. The van der Waals surface area contributed by atoms with Crippen LogP contribution in [0.5, 0.6) is 0 Å². The predicted octanol–water partition coefficient (Wildman–Crippen LogP) is 3.65. The van der Waals surface area contributed by atoms with Crippen LogP contribution >= 0.6 is 0 Å². The molecule has 0 aromatic heterocycles. The first-order valence-electron chi connectivity index (χ1n) is 6.76. The van der Waals surface area contributed by atoms with Crippen molar-refractivity contribution < 1.29 is 9.53 Å². The van der Waals surface area contributed by atoms with Crippen LogP contribution in [0.3, 0.4) is 0 Å². The van der Waals surface area contributed by atoms with Crippen LogP contribution in [0.4, 0.5) is 4.79 Å². The van der Waals surface area contributed by atoms with Crippen LogP contribution in [0.1, 0.15) is 51.4 Å². The lowest BCUT2D eigenvalue weighted by Crippen LogP contribution is -2.25. The zero-order chi connectivity index (χ0) is 13.5. The normalized spacial score (nSPS) is 9.50. The summed E-state index contributed by atoms with van der Waals surface area (Å²) in [5.41, 5.74) is 0. The zero-order valence-corrected chi connectivity index (χ0v) is 11.2. The van der Waals surface area contributed by atoms with Crippen LogP contribution in [0.2, 0.25) is 0 Å². The maximum absolute atomic E-state index is 11.2. The smallest absolute Gasteiger partial charge is 0.407 e. The fraction of sp³-hybridized carbons (Fsp3) is 0.667. The number of rotatable bonds is 11. The van der Waals surface area contributed by atoms with Crippen LogP contribution in [0.15, 0.2) is 12.7 Å². The molecule has 1 N–H and O–H groups in total. The average molecular weight is 251 g/mol. The Hall–Kier alpha value is -1.43. The Balaban J connectivity index is 3.15. The number of terminal acetylenes is 1. The summed E-state index contributed by atoms with van der Waals surface area (Å²) >= 11 is 0. The highest BCUT2D eigenvalue weighted by atomic mass is 16.5. The van der Waals surface area contributed by atoms with Crippen LogP contribution in [-0.2, 0) is 4.74 Å². The van der Waals surface area contributed by atoms with E-state index in [1.807, 2.05) is 6.08 Å². The molecule has 0 aliphatic heterocycles. The molecular formula is C15H25NO2.